The van der Waals surface area contributed by atoms with Gasteiger partial charge in [-0.3, -0.25) is 4.31 Å². The maximum absolute atomic E-state index is 12.1. The van der Waals surface area contributed by atoms with Crippen molar-refractivity contribution in [3.8, 4) is 33.3 Å². The Labute approximate surface area is 174 Å². The van der Waals surface area contributed by atoms with Crippen LogP contribution in [0.1, 0.15) is 12.0 Å². The zero-order chi connectivity index (χ0) is 20.6. The van der Waals surface area contributed by atoms with Crippen molar-refractivity contribution in [1.29, 1.82) is 0 Å². The van der Waals surface area contributed by atoms with Crippen molar-refractivity contribution in [2.75, 3.05) is 31.3 Å². The second-order valence-electron chi connectivity index (χ2n) is 6.89. The van der Waals surface area contributed by atoms with E-state index in [0.717, 1.165) is 45.9 Å². The van der Waals surface area contributed by atoms with Gasteiger partial charge in [0.2, 0.25) is 10.0 Å². The Bertz CT molecular complexity index is 1160. The second-order valence-corrected chi connectivity index (χ2v) is 9.65. The van der Waals surface area contributed by atoms with Crippen LogP contribution in [0.3, 0.4) is 0 Å². The number of aryl methyl sites for hydroxylation is 1. The van der Waals surface area contributed by atoms with E-state index in [2.05, 4.69) is 6.07 Å². The summed E-state index contributed by atoms with van der Waals surface area (Å²) in [6.45, 7) is 0.533. The van der Waals surface area contributed by atoms with Gasteiger partial charge in [0.25, 0.3) is 0 Å². The summed E-state index contributed by atoms with van der Waals surface area (Å²) < 4.78 is 36.3. The maximum atomic E-state index is 12.1. The summed E-state index contributed by atoms with van der Waals surface area (Å²) in [7, 11) is -0.0394. The van der Waals surface area contributed by atoms with E-state index in [0.29, 0.717) is 18.0 Å². The molecule has 0 aliphatic carbocycles. The van der Waals surface area contributed by atoms with E-state index < -0.39 is 10.0 Å². The average molecular weight is 431 g/mol. The molecule has 0 spiro atoms. The van der Waals surface area contributed by atoms with Gasteiger partial charge in [0.15, 0.2) is 11.5 Å². The number of anilines is 1. The molecular weight excluding hydrogens is 408 g/mol. The van der Waals surface area contributed by atoms with Crippen molar-refractivity contribution in [2.24, 2.45) is 0 Å². The van der Waals surface area contributed by atoms with Crippen LogP contribution < -0.4 is 13.8 Å². The number of nitrogens with zero attached hydrogens (tertiary/aromatic N) is 2. The van der Waals surface area contributed by atoms with Crippen LogP contribution in [-0.2, 0) is 16.4 Å². The van der Waals surface area contributed by atoms with E-state index >= 15 is 0 Å². The minimum absolute atomic E-state index is 0.533. The SMILES string of the molecule is COc1ccc(-c2nc(-c3ccc4c(c3)CCCN4S(C)(=O)=O)cs2)cc1OC. The molecule has 29 heavy (non-hydrogen) atoms. The lowest BCUT2D eigenvalue weighted by atomic mass is 10.00. The average Bonchev–Trinajstić information content (AvgIpc) is 3.22. The summed E-state index contributed by atoms with van der Waals surface area (Å²) in [5.41, 5.74) is 4.64. The lowest BCUT2D eigenvalue weighted by Crippen LogP contribution is -2.34. The summed E-state index contributed by atoms with van der Waals surface area (Å²) in [5.74, 6) is 1.34. The van der Waals surface area contributed by atoms with Crippen molar-refractivity contribution in [3.63, 3.8) is 0 Å². The van der Waals surface area contributed by atoms with Crippen molar-refractivity contribution in [3.05, 3.63) is 47.3 Å². The van der Waals surface area contributed by atoms with Crippen LogP contribution in [0.2, 0.25) is 0 Å². The number of sulfonamides is 1. The topological polar surface area (TPSA) is 68.7 Å². The molecule has 0 saturated heterocycles. The first-order valence-corrected chi connectivity index (χ1v) is 11.9. The second kappa shape index (κ2) is 7.68. The molecule has 3 aromatic rings. The number of methoxy groups -OCH3 is 2. The third-order valence-corrected chi connectivity index (χ3v) is 7.06. The number of fused-ring (bicyclic) bond motifs is 1. The number of aromatic nitrogens is 1. The monoisotopic (exact) mass is 430 g/mol. The van der Waals surface area contributed by atoms with Gasteiger partial charge in [-0.2, -0.15) is 0 Å². The highest BCUT2D eigenvalue weighted by Crippen LogP contribution is 2.37. The lowest BCUT2D eigenvalue weighted by Gasteiger charge is -2.29. The lowest BCUT2D eigenvalue weighted by molar-refractivity contribution is 0.355. The van der Waals surface area contributed by atoms with Gasteiger partial charge >= 0.3 is 0 Å². The van der Waals surface area contributed by atoms with Gasteiger partial charge in [0, 0.05) is 23.1 Å². The molecule has 0 atom stereocenters. The molecule has 152 valence electrons. The van der Waals surface area contributed by atoms with Gasteiger partial charge in [0.1, 0.15) is 5.01 Å². The molecule has 0 N–H and O–H groups in total. The standard InChI is InChI=1S/C21H22N2O4S2/c1-26-19-9-7-16(12-20(19)27-2)21-22-17(13-28-21)14-6-8-18-15(11-14)5-4-10-23(18)29(3,24)25/h6-9,11-13H,4-5,10H2,1-3H3. The molecule has 0 amide bonds. The molecule has 0 bridgehead atoms. The first-order valence-electron chi connectivity index (χ1n) is 9.19. The molecule has 1 aliphatic rings. The van der Waals surface area contributed by atoms with Crippen LogP contribution >= 0.6 is 11.3 Å². The highest BCUT2D eigenvalue weighted by molar-refractivity contribution is 7.92. The smallest absolute Gasteiger partial charge is 0.232 e. The molecule has 4 rings (SSSR count). The summed E-state index contributed by atoms with van der Waals surface area (Å²) >= 11 is 1.56. The van der Waals surface area contributed by atoms with E-state index in [-0.39, 0.29) is 0 Å². The van der Waals surface area contributed by atoms with E-state index in [1.807, 2.05) is 35.7 Å². The fraction of sp³-hybridized carbons (Fsp3) is 0.286. The largest absolute Gasteiger partial charge is 0.493 e. The molecule has 0 fully saturated rings. The van der Waals surface area contributed by atoms with Gasteiger partial charge in [-0.1, -0.05) is 6.07 Å². The van der Waals surface area contributed by atoms with Crippen molar-refractivity contribution in [1.82, 2.24) is 4.98 Å². The molecule has 0 radical (unpaired) electrons. The number of thiazole rings is 1. The van der Waals surface area contributed by atoms with Crippen LogP contribution in [0.25, 0.3) is 21.8 Å². The number of benzene rings is 2. The van der Waals surface area contributed by atoms with Gasteiger partial charge in [-0.15, -0.1) is 11.3 Å². The molecular formula is C21H22N2O4S2. The molecule has 0 saturated carbocycles. The quantitative estimate of drug-likeness (QED) is 0.607. The fourth-order valence-corrected chi connectivity index (χ4v) is 5.40. The minimum atomic E-state index is -3.26. The molecule has 0 unspecified atom stereocenters. The fourth-order valence-electron chi connectivity index (χ4n) is 3.57. The summed E-state index contributed by atoms with van der Waals surface area (Å²) in [5, 5.41) is 2.90. The Kier molecular flexibility index (Phi) is 5.23. The summed E-state index contributed by atoms with van der Waals surface area (Å²) in [4.78, 5) is 4.79. The molecule has 2 aromatic carbocycles. The maximum Gasteiger partial charge on any atom is 0.232 e. The van der Waals surface area contributed by atoms with E-state index in [4.69, 9.17) is 14.5 Å². The van der Waals surface area contributed by atoms with E-state index in [9.17, 15) is 8.42 Å². The highest BCUT2D eigenvalue weighted by Gasteiger charge is 2.24. The van der Waals surface area contributed by atoms with Crippen LogP contribution in [0.5, 0.6) is 11.5 Å². The Morgan fingerprint density at radius 3 is 2.52 bits per heavy atom. The third-order valence-electron chi connectivity index (χ3n) is 4.99. The van der Waals surface area contributed by atoms with Gasteiger partial charge in [-0.05, 0) is 48.7 Å². The Morgan fingerprint density at radius 2 is 1.79 bits per heavy atom. The number of rotatable bonds is 5. The number of hydrogen-bond acceptors (Lipinski definition) is 6. The molecule has 8 heteroatoms. The van der Waals surface area contributed by atoms with Gasteiger partial charge in [0.05, 0.1) is 31.9 Å². The predicted octanol–water partition coefficient (Wildman–Crippen LogP) is 4.21. The van der Waals surface area contributed by atoms with E-state index in [1.165, 1.54) is 10.6 Å². The molecule has 1 aliphatic heterocycles. The summed E-state index contributed by atoms with van der Waals surface area (Å²) in [6.07, 6.45) is 2.94. The molecule has 6 nitrogen and oxygen atoms in total. The van der Waals surface area contributed by atoms with Crippen LogP contribution in [0, 0.1) is 0 Å². The summed E-state index contributed by atoms with van der Waals surface area (Å²) in [6, 6.07) is 11.6. The Balaban J connectivity index is 1.67. The van der Waals surface area contributed by atoms with E-state index in [1.54, 1.807) is 25.6 Å². The predicted molar refractivity (Wildman–Crippen MR) is 117 cm³/mol. The first-order chi connectivity index (χ1) is 13.9. The highest BCUT2D eigenvalue weighted by atomic mass is 32.2. The Morgan fingerprint density at radius 1 is 1.03 bits per heavy atom. The Hall–Kier alpha value is -2.58. The van der Waals surface area contributed by atoms with Crippen molar-refractivity contribution < 1.29 is 17.9 Å². The van der Waals surface area contributed by atoms with Crippen LogP contribution in [0.4, 0.5) is 5.69 Å². The van der Waals surface area contributed by atoms with Gasteiger partial charge < -0.3 is 9.47 Å². The van der Waals surface area contributed by atoms with Crippen LogP contribution in [0.15, 0.2) is 41.8 Å². The number of ether oxygens (including phenoxy) is 2. The first kappa shape index (κ1) is 19.7. The van der Waals surface area contributed by atoms with Gasteiger partial charge in [-0.25, -0.2) is 13.4 Å². The minimum Gasteiger partial charge on any atom is -0.493 e. The normalized spacial score (nSPS) is 13.8. The number of hydrogen-bond donors (Lipinski definition) is 0. The van der Waals surface area contributed by atoms with Crippen molar-refractivity contribution in [2.45, 2.75) is 12.8 Å². The third kappa shape index (κ3) is 3.82. The van der Waals surface area contributed by atoms with Crippen molar-refractivity contribution >= 4 is 27.0 Å². The molecule has 1 aromatic heterocycles. The van der Waals surface area contributed by atoms with Crippen LogP contribution in [-0.4, -0.2) is 40.4 Å². The zero-order valence-corrected chi connectivity index (χ0v) is 18.1. The zero-order valence-electron chi connectivity index (χ0n) is 16.5. The molecule has 2 heterocycles.